The van der Waals surface area contributed by atoms with Gasteiger partial charge in [-0.15, -0.1) is 24.0 Å². The maximum absolute atomic E-state index is 11.7. The number of nitrogens with zero attached hydrogens (tertiary/aromatic N) is 1. The molecule has 1 aliphatic heterocycles. The standard InChI is InChI=1S/C19H28ClN3O2S.HI/c1-2-21-18(23-17-8-11-26(24,25)13-17)22-14-19(9-3-4-10-19)15-6-5-7-16(20)12-15;/h5-7,12,17H,2-4,8-11,13-14H2,1H3,(H2,21,22,23);1H. The van der Waals surface area contributed by atoms with E-state index in [-0.39, 0.29) is 46.9 Å². The zero-order valence-corrected chi connectivity index (χ0v) is 19.6. The van der Waals surface area contributed by atoms with Crippen LogP contribution >= 0.6 is 35.6 Å². The summed E-state index contributed by atoms with van der Waals surface area (Å²) >= 11 is 6.22. The van der Waals surface area contributed by atoms with E-state index in [0.717, 1.165) is 24.4 Å². The molecule has 27 heavy (non-hydrogen) atoms. The van der Waals surface area contributed by atoms with Crippen molar-refractivity contribution in [1.29, 1.82) is 0 Å². The summed E-state index contributed by atoms with van der Waals surface area (Å²) in [7, 11) is -2.91. The van der Waals surface area contributed by atoms with Gasteiger partial charge in [-0.2, -0.15) is 0 Å². The van der Waals surface area contributed by atoms with Crippen molar-refractivity contribution >= 4 is 51.4 Å². The van der Waals surface area contributed by atoms with Gasteiger partial charge in [-0.3, -0.25) is 4.99 Å². The topological polar surface area (TPSA) is 70.6 Å². The van der Waals surface area contributed by atoms with Gasteiger partial charge in [0, 0.05) is 23.0 Å². The smallest absolute Gasteiger partial charge is 0.191 e. The normalized spacial score (nSPS) is 23.6. The molecule has 1 atom stereocenters. The zero-order valence-electron chi connectivity index (χ0n) is 15.7. The minimum absolute atomic E-state index is 0. The van der Waals surface area contributed by atoms with E-state index in [0.29, 0.717) is 18.9 Å². The van der Waals surface area contributed by atoms with Crippen molar-refractivity contribution in [3.05, 3.63) is 34.9 Å². The van der Waals surface area contributed by atoms with Crippen LogP contribution in [0.4, 0.5) is 0 Å². The van der Waals surface area contributed by atoms with Gasteiger partial charge in [0.2, 0.25) is 0 Å². The van der Waals surface area contributed by atoms with Gasteiger partial charge >= 0.3 is 0 Å². The lowest BCUT2D eigenvalue weighted by Gasteiger charge is -2.29. The number of rotatable bonds is 5. The molecule has 0 aromatic heterocycles. The SMILES string of the molecule is CCNC(=NCC1(c2cccc(Cl)c2)CCCC1)NC1CCS(=O)(=O)C1.I. The molecule has 1 unspecified atom stereocenters. The van der Waals surface area contributed by atoms with Crippen LogP contribution in [0.5, 0.6) is 0 Å². The second-order valence-electron chi connectivity index (χ2n) is 7.44. The minimum atomic E-state index is -2.91. The minimum Gasteiger partial charge on any atom is -0.357 e. The van der Waals surface area contributed by atoms with Crippen LogP contribution in [0.2, 0.25) is 5.02 Å². The van der Waals surface area contributed by atoms with Crippen molar-refractivity contribution in [3.8, 4) is 0 Å². The quantitative estimate of drug-likeness (QED) is 0.351. The van der Waals surface area contributed by atoms with E-state index in [9.17, 15) is 8.42 Å². The molecule has 1 saturated heterocycles. The molecule has 0 bridgehead atoms. The molecule has 1 aromatic carbocycles. The van der Waals surface area contributed by atoms with E-state index in [1.54, 1.807) is 0 Å². The molecule has 2 N–H and O–H groups in total. The summed E-state index contributed by atoms with van der Waals surface area (Å²) in [6.07, 6.45) is 5.26. The third-order valence-corrected chi connectivity index (χ3v) is 7.46. The number of aliphatic imine (C=N–C) groups is 1. The number of benzene rings is 1. The average Bonchev–Trinajstić information content (AvgIpc) is 3.20. The Labute approximate surface area is 184 Å². The highest BCUT2D eigenvalue weighted by atomic mass is 127. The van der Waals surface area contributed by atoms with Crippen LogP contribution in [0.15, 0.2) is 29.3 Å². The highest BCUT2D eigenvalue weighted by Gasteiger charge is 2.36. The van der Waals surface area contributed by atoms with Crippen molar-refractivity contribution < 1.29 is 8.42 Å². The summed E-state index contributed by atoms with van der Waals surface area (Å²) in [4.78, 5) is 4.84. The third kappa shape index (κ3) is 5.97. The van der Waals surface area contributed by atoms with E-state index >= 15 is 0 Å². The Kier molecular flexibility index (Phi) is 8.24. The number of nitrogens with one attached hydrogen (secondary N) is 2. The molecule has 0 amide bonds. The van der Waals surface area contributed by atoms with Crippen LogP contribution in [0.1, 0.15) is 44.6 Å². The van der Waals surface area contributed by atoms with Crippen molar-refractivity contribution in [2.75, 3.05) is 24.6 Å². The molecular weight excluding hydrogens is 497 g/mol. The van der Waals surface area contributed by atoms with E-state index in [1.165, 1.54) is 18.4 Å². The number of guanidine groups is 1. The summed E-state index contributed by atoms with van der Waals surface area (Å²) in [5.41, 5.74) is 1.28. The van der Waals surface area contributed by atoms with E-state index < -0.39 is 9.84 Å². The molecule has 2 fully saturated rings. The van der Waals surface area contributed by atoms with Crippen molar-refractivity contribution in [1.82, 2.24) is 10.6 Å². The summed E-state index contributed by atoms with van der Waals surface area (Å²) < 4.78 is 23.4. The fourth-order valence-electron chi connectivity index (χ4n) is 4.06. The van der Waals surface area contributed by atoms with Gasteiger partial charge in [-0.05, 0) is 43.9 Å². The van der Waals surface area contributed by atoms with Crippen LogP contribution in [-0.4, -0.2) is 45.0 Å². The van der Waals surface area contributed by atoms with Gasteiger partial charge in [0.1, 0.15) is 0 Å². The van der Waals surface area contributed by atoms with Crippen LogP contribution in [-0.2, 0) is 15.3 Å². The number of halogens is 2. The van der Waals surface area contributed by atoms with E-state index in [2.05, 4.69) is 22.8 Å². The van der Waals surface area contributed by atoms with Crippen LogP contribution in [0, 0.1) is 0 Å². The highest BCUT2D eigenvalue weighted by Crippen LogP contribution is 2.42. The van der Waals surface area contributed by atoms with Gasteiger partial charge in [0.05, 0.1) is 18.1 Å². The molecule has 1 saturated carbocycles. The lowest BCUT2D eigenvalue weighted by Crippen LogP contribution is -2.44. The van der Waals surface area contributed by atoms with Crippen molar-refractivity contribution in [2.24, 2.45) is 4.99 Å². The second kappa shape index (κ2) is 9.78. The Hall–Kier alpha value is -0.540. The predicted molar refractivity (Wildman–Crippen MR) is 123 cm³/mol. The second-order valence-corrected chi connectivity index (χ2v) is 10.1. The molecule has 1 aliphatic carbocycles. The van der Waals surface area contributed by atoms with Crippen molar-refractivity contribution in [2.45, 2.75) is 50.5 Å². The van der Waals surface area contributed by atoms with Crippen molar-refractivity contribution in [3.63, 3.8) is 0 Å². The summed E-state index contributed by atoms with van der Waals surface area (Å²) in [6.45, 7) is 3.45. The molecular formula is C19H29ClIN3O2S. The van der Waals surface area contributed by atoms with Crippen LogP contribution in [0.3, 0.4) is 0 Å². The molecule has 0 radical (unpaired) electrons. The average molecular weight is 526 g/mol. The van der Waals surface area contributed by atoms with Gasteiger partial charge < -0.3 is 10.6 Å². The Balaban J connectivity index is 0.00000261. The monoisotopic (exact) mass is 525 g/mol. The zero-order chi connectivity index (χ0) is 18.6. The maximum Gasteiger partial charge on any atom is 0.191 e. The molecule has 2 aliphatic rings. The van der Waals surface area contributed by atoms with Gasteiger partial charge in [-0.25, -0.2) is 8.42 Å². The Morgan fingerprint density at radius 3 is 2.67 bits per heavy atom. The van der Waals surface area contributed by atoms with Gasteiger partial charge in [-0.1, -0.05) is 36.6 Å². The number of hydrogen-bond donors (Lipinski definition) is 2. The highest BCUT2D eigenvalue weighted by molar-refractivity contribution is 14.0. The predicted octanol–water partition coefficient (Wildman–Crippen LogP) is 3.51. The van der Waals surface area contributed by atoms with Gasteiger partial charge in [0.15, 0.2) is 15.8 Å². The first-order chi connectivity index (χ1) is 12.4. The number of hydrogen-bond acceptors (Lipinski definition) is 3. The Bertz CT molecular complexity index is 764. The molecule has 8 heteroatoms. The molecule has 1 aromatic rings. The van der Waals surface area contributed by atoms with Crippen LogP contribution in [0.25, 0.3) is 0 Å². The molecule has 0 spiro atoms. The molecule has 5 nitrogen and oxygen atoms in total. The summed E-state index contributed by atoms with van der Waals surface area (Å²) in [5.74, 6) is 1.16. The summed E-state index contributed by atoms with van der Waals surface area (Å²) in [6, 6.07) is 8.07. The van der Waals surface area contributed by atoms with Gasteiger partial charge in [0.25, 0.3) is 0 Å². The Morgan fingerprint density at radius 2 is 2.07 bits per heavy atom. The molecule has 3 rings (SSSR count). The fraction of sp³-hybridized carbons (Fsp3) is 0.632. The lowest BCUT2D eigenvalue weighted by atomic mass is 9.79. The molecule has 1 heterocycles. The first-order valence-electron chi connectivity index (χ1n) is 9.44. The number of sulfone groups is 1. The lowest BCUT2D eigenvalue weighted by molar-refractivity contribution is 0.452. The Morgan fingerprint density at radius 1 is 1.33 bits per heavy atom. The third-order valence-electron chi connectivity index (χ3n) is 5.45. The summed E-state index contributed by atoms with van der Waals surface area (Å²) in [5, 5.41) is 7.33. The largest absolute Gasteiger partial charge is 0.357 e. The van der Waals surface area contributed by atoms with E-state index in [1.807, 2.05) is 19.1 Å². The van der Waals surface area contributed by atoms with E-state index in [4.69, 9.17) is 16.6 Å². The first-order valence-corrected chi connectivity index (χ1v) is 11.6. The maximum atomic E-state index is 11.7. The van der Waals surface area contributed by atoms with Crippen LogP contribution < -0.4 is 10.6 Å². The molecule has 152 valence electrons. The fourth-order valence-corrected chi connectivity index (χ4v) is 5.92. The first kappa shape index (κ1) is 22.7.